The molecule has 2 aromatic rings. The third-order valence-corrected chi connectivity index (χ3v) is 4.40. The molecule has 6 nitrogen and oxygen atoms in total. The van der Waals surface area contributed by atoms with Crippen molar-refractivity contribution in [2.24, 2.45) is 0 Å². The average Bonchev–Trinajstić information content (AvgIpc) is 3.00. The van der Waals surface area contributed by atoms with Crippen LogP contribution in [0.1, 0.15) is 18.5 Å². The number of aromatic nitrogens is 2. The van der Waals surface area contributed by atoms with Crippen LogP contribution < -0.4 is 10.6 Å². The van der Waals surface area contributed by atoms with Crippen molar-refractivity contribution in [1.29, 1.82) is 0 Å². The van der Waals surface area contributed by atoms with Gasteiger partial charge >= 0.3 is 6.03 Å². The van der Waals surface area contributed by atoms with Crippen molar-refractivity contribution in [2.75, 3.05) is 20.1 Å². The molecule has 1 fully saturated rings. The summed E-state index contributed by atoms with van der Waals surface area (Å²) in [6.45, 7) is 2.55. The molecule has 0 saturated carbocycles. The molecule has 1 saturated heterocycles. The summed E-state index contributed by atoms with van der Waals surface area (Å²) < 4.78 is 1.97. The van der Waals surface area contributed by atoms with Gasteiger partial charge in [-0.2, -0.15) is 0 Å². The van der Waals surface area contributed by atoms with Crippen LogP contribution in [-0.4, -0.2) is 46.5 Å². The minimum atomic E-state index is -0.101. The molecule has 7 heteroatoms. The molecule has 2 N–H and O–H groups in total. The highest BCUT2D eigenvalue weighted by molar-refractivity contribution is 7.15. The largest absolute Gasteiger partial charge is 0.335 e. The molecule has 0 spiro atoms. The zero-order chi connectivity index (χ0) is 13.9. The van der Waals surface area contributed by atoms with Crippen LogP contribution in [0.4, 0.5) is 4.79 Å². The Labute approximate surface area is 121 Å². The number of amides is 2. The summed E-state index contributed by atoms with van der Waals surface area (Å²) in [7, 11) is 2.11. The standard InChI is InChI=1S/C13H19N5OS/c1-17-4-2-10(3-5-17)15-12(19)14-8-11-9-18-6-7-20-13(18)16-11/h6-7,9-10H,2-5,8H2,1H3,(H2,14,15,19). The lowest BCUT2D eigenvalue weighted by Crippen LogP contribution is -2.46. The Morgan fingerprint density at radius 3 is 3.05 bits per heavy atom. The summed E-state index contributed by atoms with van der Waals surface area (Å²) in [6, 6.07) is 0.188. The SMILES string of the molecule is CN1CCC(NC(=O)NCc2cn3ccsc3n2)CC1. The van der Waals surface area contributed by atoms with Crippen LogP contribution in [0.15, 0.2) is 17.8 Å². The summed E-state index contributed by atoms with van der Waals surface area (Å²) in [5.74, 6) is 0. The monoisotopic (exact) mass is 293 g/mol. The molecule has 108 valence electrons. The summed E-state index contributed by atoms with van der Waals surface area (Å²) in [5, 5.41) is 7.89. The number of hydrogen-bond donors (Lipinski definition) is 2. The Kier molecular flexibility index (Phi) is 3.88. The Morgan fingerprint density at radius 2 is 2.30 bits per heavy atom. The molecule has 0 unspecified atom stereocenters. The van der Waals surface area contributed by atoms with Crippen LogP contribution in [0.3, 0.4) is 0 Å². The maximum Gasteiger partial charge on any atom is 0.315 e. The fourth-order valence-electron chi connectivity index (χ4n) is 2.42. The Balaban J connectivity index is 1.46. The quantitative estimate of drug-likeness (QED) is 0.896. The van der Waals surface area contributed by atoms with Crippen LogP contribution >= 0.6 is 11.3 Å². The Morgan fingerprint density at radius 1 is 1.50 bits per heavy atom. The van der Waals surface area contributed by atoms with Gasteiger partial charge in [0.25, 0.3) is 0 Å². The second kappa shape index (κ2) is 5.80. The fourth-order valence-corrected chi connectivity index (χ4v) is 3.14. The van der Waals surface area contributed by atoms with Crippen LogP contribution in [-0.2, 0) is 6.54 Å². The number of nitrogens with one attached hydrogen (secondary N) is 2. The van der Waals surface area contributed by atoms with Crippen LogP contribution in [0.2, 0.25) is 0 Å². The van der Waals surface area contributed by atoms with E-state index in [0.717, 1.165) is 36.6 Å². The van der Waals surface area contributed by atoms with Gasteiger partial charge in [0.2, 0.25) is 0 Å². The molecule has 20 heavy (non-hydrogen) atoms. The molecule has 1 aliphatic rings. The molecule has 3 rings (SSSR count). The van der Waals surface area contributed by atoms with E-state index in [1.807, 2.05) is 22.2 Å². The highest BCUT2D eigenvalue weighted by Gasteiger charge is 2.18. The number of nitrogens with zero attached hydrogens (tertiary/aromatic N) is 3. The Bertz CT molecular complexity index is 556. The number of fused-ring (bicyclic) bond motifs is 1. The lowest BCUT2D eigenvalue weighted by Gasteiger charge is -2.29. The zero-order valence-corrected chi connectivity index (χ0v) is 12.3. The summed E-state index contributed by atoms with van der Waals surface area (Å²) in [4.78, 5) is 19.5. The molecule has 2 amide bonds. The molecule has 0 aliphatic carbocycles. The molecule has 2 aromatic heterocycles. The number of carbonyl (C=O) groups is 1. The van der Waals surface area contributed by atoms with Crippen molar-refractivity contribution < 1.29 is 4.79 Å². The van der Waals surface area contributed by atoms with E-state index in [1.165, 1.54) is 0 Å². The van der Waals surface area contributed by atoms with E-state index in [2.05, 4.69) is 27.6 Å². The highest BCUT2D eigenvalue weighted by atomic mass is 32.1. The lowest BCUT2D eigenvalue weighted by molar-refractivity contribution is 0.213. The van der Waals surface area contributed by atoms with E-state index in [1.54, 1.807) is 11.3 Å². The van der Waals surface area contributed by atoms with Crippen LogP contribution in [0.5, 0.6) is 0 Å². The van der Waals surface area contributed by atoms with Gasteiger partial charge in [0.15, 0.2) is 4.96 Å². The maximum atomic E-state index is 11.9. The van der Waals surface area contributed by atoms with Gasteiger partial charge in [0.1, 0.15) is 0 Å². The third-order valence-electron chi connectivity index (χ3n) is 3.63. The minimum Gasteiger partial charge on any atom is -0.335 e. The molecule has 0 bridgehead atoms. The van der Waals surface area contributed by atoms with Gasteiger partial charge in [0, 0.05) is 23.8 Å². The lowest BCUT2D eigenvalue weighted by atomic mass is 10.1. The van der Waals surface area contributed by atoms with Crippen LogP contribution in [0, 0.1) is 0 Å². The summed E-state index contributed by atoms with van der Waals surface area (Å²) in [6.07, 6.45) is 5.95. The molecular weight excluding hydrogens is 274 g/mol. The van der Waals surface area contributed by atoms with Gasteiger partial charge in [0.05, 0.1) is 12.2 Å². The maximum absolute atomic E-state index is 11.9. The number of likely N-dealkylation sites (tertiary alicyclic amines) is 1. The van der Waals surface area contributed by atoms with Gasteiger partial charge in [-0.05, 0) is 33.0 Å². The van der Waals surface area contributed by atoms with Gasteiger partial charge < -0.3 is 15.5 Å². The first-order chi connectivity index (χ1) is 9.70. The zero-order valence-electron chi connectivity index (χ0n) is 11.5. The molecule has 0 aromatic carbocycles. The van der Waals surface area contributed by atoms with Crippen molar-refractivity contribution in [3.8, 4) is 0 Å². The number of rotatable bonds is 3. The van der Waals surface area contributed by atoms with Crippen molar-refractivity contribution >= 4 is 22.3 Å². The van der Waals surface area contributed by atoms with Crippen molar-refractivity contribution in [1.82, 2.24) is 24.9 Å². The average molecular weight is 293 g/mol. The van der Waals surface area contributed by atoms with Gasteiger partial charge in [-0.25, -0.2) is 9.78 Å². The van der Waals surface area contributed by atoms with E-state index in [9.17, 15) is 4.79 Å². The topological polar surface area (TPSA) is 61.7 Å². The van der Waals surface area contributed by atoms with Crippen LogP contribution in [0.25, 0.3) is 4.96 Å². The number of imidazole rings is 1. The number of carbonyl (C=O) groups excluding carboxylic acids is 1. The van der Waals surface area contributed by atoms with Gasteiger partial charge in [-0.3, -0.25) is 4.40 Å². The number of thiazole rings is 1. The van der Waals surface area contributed by atoms with E-state index in [-0.39, 0.29) is 12.1 Å². The second-order valence-electron chi connectivity index (χ2n) is 5.23. The summed E-state index contributed by atoms with van der Waals surface area (Å²) in [5.41, 5.74) is 0.885. The fraction of sp³-hybridized carbons (Fsp3) is 0.538. The van der Waals surface area contributed by atoms with E-state index >= 15 is 0 Å². The third kappa shape index (κ3) is 3.10. The molecular formula is C13H19N5OS. The number of urea groups is 1. The second-order valence-corrected chi connectivity index (χ2v) is 6.10. The van der Waals surface area contributed by atoms with Crippen molar-refractivity contribution in [3.63, 3.8) is 0 Å². The predicted molar refractivity (Wildman–Crippen MR) is 79.0 cm³/mol. The van der Waals surface area contributed by atoms with Gasteiger partial charge in [-0.15, -0.1) is 11.3 Å². The molecule has 1 aliphatic heterocycles. The molecule has 3 heterocycles. The first-order valence-electron chi connectivity index (χ1n) is 6.85. The van der Waals surface area contributed by atoms with E-state index < -0.39 is 0 Å². The number of piperidine rings is 1. The number of hydrogen-bond acceptors (Lipinski definition) is 4. The Hall–Kier alpha value is -1.60. The minimum absolute atomic E-state index is 0.101. The first-order valence-corrected chi connectivity index (χ1v) is 7.72. The molecule has 0 radical (unpaired) electrons. The highest BCUT2D eigenvalue weighted by Crippen LogP contribution is 2.11. The van der Waals surface area contributed by atoms with Crippen molar-refractivity contribution in [2.45, 2.75) is 25.4 Å². The summed E-state index contributed by atoms with van der Waals surface area (Å²) >= 11 is 1.59. The smallest absolute Gasteiger partial charge is 0.315 e. The van der Waals surface area contributed by atoms with Crippen molar-refractivity contribution in [3.05, 3.63) is 23.5 Å². The first kappa shape index (κ1) is 13.4. The van der Waals surface area contributed by atoms with E-state index in [4.69, 9.17) is 0 Å². The predicted octanol–water partition coefficient (Wildman–Crippen LogP) is 1.29. The van der Waals surface area contributed by atoms with Gasteiger partial charge in [-0.1, -0.05) is 0 Å². The van der Waals surface area contributed by atoms with E-state index in [0.29, 0.717) is 6.54 Å². The molecule has 0 atom stereocenters. The normalized spacial score (nSPS) is 17.4.